The van der Waals surface area contributed by atoms with Gasteiger partial charge in [-0.05, 0) is 18.1 Å². The molecule has 0 N–H and O–H groups in total. The van der Waals surface area contributed by atoms with Gasteiger partial charge in [-0.1, -0.05) is 30.3 Å². The van der Waals surface area contributed by atoms with Crippen molar-refractivity contribution in [2.45, 2.75) is 12.8 Å². The van der Waals surface area contributed by atoms with Gasteiger partial charge in [0, 0.05) is 37.0 Å². The molecule has 0 unspecified atom stereocenters. The summed E-state index contributed by atoms with van der Waals surface area (Å²) in [6.45, 7) is 0. The van der Waals surface area contributed by atoms with E-state index >= 15 is 0 Å². The van der Waals surface area contributed by atoms with Crippen molar-refractivity contribution >= 4 is 11.2 Å². The third kappa shape index (κ3) is 3.38. The number of hydrogen-bond acceptors (Lipinski definition) is 6. The molecule has 4 rings (SSSR count). The molecule has 0 saturated heterocycles. The van der Waals surface area contributed by atoms with Gasteiger partial charge in [-0.3, -0.25) is 0 Å². The molecule has 0 atom stereocenters. The van der Waals surface area contributed by atoms with Crippen LogP contribution in [-0.4, -0.2) is 38.7 Å². The van der Waals surface area contributed by atoms with Gasteiger partial charge in [0.1, 0.15) is 5.82 Å². The Bertz CT molecular complexity index is 1090. The molecule has 142 valence electrons. The lowest BCUT2D eigenvalue weighted by molar-refractivity contribution is 0.379. The highest BCUT2D eigenvalue weighted by Gasteiger charge is 2.16. The molecule has 1 aromatic carbocycles. The minimum Gasteiger partial charge on any atom is -0.480 e. The maximum absolute atomic E-state index is 5.50. The van der Waals surface area contributed by atoms with Gasteiger partial charge < -0.3 is 14.0 Å². The quantitative estimate of drug-likeness (QED) is 0.515. The summed E-state index contributed by atoms with van der Waals surface area (Å²) in [5.74, 6) is 1.48. The number of methoxy groups -OCH3 is 2. The standard InChI is InChI=1S/C21H21N5O2/c1-26-17-11-16(15-12-22-21(28-3)23-13-15)20(27-2)25-19(17)24-18(26)10-9-14-7-5-4-6-8-14/h4-8,11-13H,9-10H2,1-3H3. The monoisotopic (exact) mass is 375 g/mol. The van der Waals surface area contributed by atoms with Crippen molar-refractivity contribution in [3.05, 3.63) is 60.2 Å². The fourth-order valence-corrected chi connectivity index (χ4v) is 3.19. The molecule has 0 fully saturated rings. The maximum Gasteiger partial charge on any atom is 0.316 e. The first-order valence-electron chi connectivity index (χ1n) is 9.00. The highest BCUT2D eigenvalue weighted by Crippen LogP contribution is 2.31. The second kappa shape index (κ2) is 7.64. The Kier molecular flexibility index (Phi) is 4.89. The van der Waals surface area contributed by atoms with Gasteiger partial charge in [-0.15, -0.1) is 0 Å². The van der Waals surface area contributed by atoms with Crippen molar-refractivity contribution in [1.29, 1.82) is 0 Å². The Balaban J connectivity index is 1.71. The average Bonchev–Trinajstić information content (AvgIpc) is 3.07. The lowest BCUT2D eigenvalue weighted by Crippen LogP contribution is -2.00. The van der Waals surface area contributed by atoms with Crippen LogP contribution in [0.5, 0.6) is 11.9 Å². The van der Waals surface area contributed by atoms with Crippen LogP contribution in [0.15, 0.2) is 48.8 Å². The zero-order valence-electron chi connectivity index (χ0n) is 16.1. The normalized spacial score (nSPS) is 11.0. The summed E-state index contributed by atoms with van der Waals surface area (Å²) in [6, 6.07) is 12.7. The zero-order chi connectivity index (χ0) is 19.5. The number of imidazole rings is 1. The number of aryl methyl sites for hydroxylation is 3. The average molecular weight is 375 g/mol. The van der Waals surface area contributed by atoms with Crippen molar-refractivity contribution in [3.63, 3.8) is 0 Å². The van der Waals surface area contributed by atoms with Gasteiger partial charge in [-0.25, -0.2) is 15.0 Å². The largest absolute Gasteiger partial charge is 0.480 e. The van der Waals surface area contributed by atoms with Crippen LogP contribution >= 0.6 is 0 Å². The molecule has 0 amide bonds. The predicted molar refractivity (Wildman–Crippen MR) is 106 cm³/mol. The van der Waals surface area contributed by atoms with Gasteiger partial charge in [-0.2, -0.15) is 4.98 Å². The minimum atomic E-state index is 0.320. The Morgan fingerprint density at radius 3 is 2.36 bits per heavy atom. The van der Waals surface area contributed by atoms with Gasteiger partial charge in [0.25, 0.3) is 0 Å². The Morgan fingerprint density at radius 2 is 1.68 bits per heavy atom. The summed E-state index contributed by atoms with van der Waals surface area (Å²) in [5, 5.41) is 0. The van der Waals surface area contributed by atoms with Crippen LogP contribution in [0.2, 0.25) is 0 Å². The number of hydrogen-bond donors (Lipinski definition) is 0. The van der Waals surface area contributed by atoms with E-state index < -0.39 is 0 Å². The van der Waals surface area contributed by atoms with Crippen molar-refractivity contribution in [2.75, 3.05) is 14.2 Å². The molecule has 4 aromatic rings. The fourth-order valence-electron chi connectivity index (χ4n) is 3.19. The molecule has 7 heteroatoms. The fraction of sp³-hybridized carbons (Fsp3) is 0.238. The first kappa shape index (κ1) is 17.9. The topological polar surface area (TPSA) is 75.0 Å². The molecular formula is C21H21N5O2. The summed E-state index contributed by atoms with van der Waals surface area (Å²) in [6.07, 6.45) is 5.16. The van der Waals surface area contributed by atoms with Crippen LogP contribution in [0.3, 0.4) is 0 Å². The van der Waals surface area contributed by atoms with E-state index in [1.54, 1.807) is 19.5 Å². The molecule has 28 heavy (non-hydrogen) atoms. The Morgan fingerprint density at radius 1 is 0.929 bits per heavy atom. The summed E-state index contributed by atoms with van der Waals surface area (Å²) < 4.78 is 12.6. The van der Waals surface area contributed by atoms with Crippen LogP contribution in [0.1, 0.15) is 11.4 Å². The minimum absolute atomic E-state index is 0.320. The van der Waals surface area contributed by atoms with Crippen LogP contribution in [0.4, 0.5) is 0 Å². The summed E-state index contributed by atoms with van der Waals surface area (Å²) >= 11 is 0. The number of ether oxygens (including phenoxy) is 2. The Hall–Kier alpha value is -3.48. The summed E-state index contributed by atoms with van der Waals surface area (Å²) in [5.41, 5.74) is 4.51. The number of aromatic nitrogens is 5. The predicted octanol–water partition coefficient (Wildman–Crippen LogP) is 3.23. The highest BCUT2D eigenvalue weighted by atomic mass is 16.5. The molecule has 0 radical (unpaired) electrons. The number of nitrogens with zero attached hydrogens (tertiary/aromatic N) is 5. The molecular weight excluding hydrogens is 354 g/mol. The third-order valence-corrected chi connectivity index (χ3v) is 4.73. The molecule has 0 aliphatic carbocycles. The van der Waals surface area contributed by atoms with E-state index in [2.05, 4.69) is 43.8 Å². The molecule has 0 bridgehead atoms. The summed E-state index contributed by atoms with van der Waals surface area (Å²) in [7, 11) is 5.15. The SMILES string of the molecule is COc1ncc(-c2cc3c(nc2OC)nc(CCc2ccccc2)n3C)cn1. The van der Waals surface area contributed by atoms with E-state index in [0.29, 0.717) is 17.5 Å². The van der Waals surface area contributed by atoms with E-state index in [9.17, 15) is 0 Å². The van der Waals surface area contributed by atoms with Gasteiger partial charge >= 0.3 is 6.01 Å². The van der Waals surface area contributed by atoms with Crippen molar-refractivity contribution < 1.29 is 9.47 Å². The molecule has 0 aliphatic heterocycles. The zero-order valence-corrected chi connectivity index (χ0v) is 16.1. The van der Waals surface area contributed by atoms with Crippen molar-refractivity contribution in [3.8, 4) is 23.0 Å². The van der Waals surface area contributed by atoms with Crippen LogP contribution in [0, 0.1) is 0 Å². The van der Waals surface area contributed by atoms with E-state index in [1.807, 2.05) is 19.2 Å². The van der Waals surface area contributed by atoms with Gasteiger partial charge in [0.05, 0.1) is 19.7 Å². The van der Waals surface area contributed by atoms with Crippen molar-refractivity contribution in [2.24, 2.45) is 7.05 Å². The second-order valence-electron chi connectivity index (χ2n) is 6.42. The number of rotatable bonds is 6. The molecule has 0 aliphatic rings. The molecule has 3 heterocycles. The molecule has 7 nitrogen and oxygen atoms in total. The first-order chi connectivity index (χ1) is 13.7. The second-order valence-corrected chi connectivity index (χ2v) is 6.42. The number of pyridine rings is 1. The molecule has 3 aromatic heterocycles. The smallest absolute Gasteiger partial charge is 0.316 e. The van der Waals surface area contributed by atoms with Crippen LogP contribution in [0.25, 0.3) is 22.3 Å². The van der Waals surface area contributed by atoms with Crippen molar-refractivity contribution in [1.82, 2.24) is 24.5 Å². The molecule has 0 saturated carbocycles. The van der Waals surface area contributed by atoms with E-state index in [4.69, 9.17) is 14.5 Å². The van der Waals surface area contributed by atoms with Gasteiger partial charge in [0.2, 0.25) is 5.88 Å². The molecule has 0 spiro atoms. The Labute approximate surface area is 163 Å². The van der Waals surface area contributed by atoms with E-state index in [-0.39, 0.29) is 0 Å². The number of fused-ring (bicyclic) bond motifs is 1. The van der Waals surface area contributed by atoms with Crippen LogP contribution in [-0.2, 0) is 19.9 Å². The highest BCUT2D eigenvalue weighted by molar-refractivity contribution is 5.82. The first-order valence-corrected chi connectivity index (χ1v) is 9.00. The van der Waals surface area contributed by atoms with E-state index in [1.165, 1.54) is 12.7 Å². The van der Waals surface area contributed by atoms with E-state index in [0.717, 1.165) is 35.3 Å². The lowest BCUT2D eigenvalue weighted by Gasteiger charge is -2.08. The summed E-state index contributed by atoms with van der Waals surface area (Å²) in [4.78, 5) is 17.7. The van der Waals surface area contributed by atoms with Crippen LogP contribution < -0.4 is 9.47 Å². The lowest BCUT2D eigenvalue weighted by atomic mass is 10.1. The number of benzene rings is 1. The third-order valence-electron chi connectivity index (χ3n) is 4.73. The van der Waals surface area contributed by atoms with Gasteiger partial charge in [0.15, 0.2) is 5.65 Å². The maximum atomic E-state index is 5.50.